The Morgan fingerprint density at radius 2 is 1.33 bits per heavy atom. The highest BCUT2D eigenvalue weighted by Gasteiger charge is 2.57. The third kappa shape index (κ3) is 3.97. The molecule has 1 saturated carbocycles. The first-order chi connectivity index (χ1) is 13.2. The van der Waals surface area contributed by atoms with Gasteiger partial charge in [0, 0.05) is 37.6 Å². The number of nitrogens with one attached hydrogen (secondary N) is 1. The van der Waals surface area contributed by atoms with Crippen molar-refractivity contribution in [2.45, 2.75) is 57.8 Å². The van der Waals surface area contributed by atoms with E-state index in [0.717, 1.165) is 44.7 Å². The van der Waals surface area contributed by atoms with Crippen LogP contribution in [0.3, 0.4) is 0 Å². The van der Waals surface area contributed by atoms with Gasteiger partial charge in [-0.25, -0.2) is 0 Å². The Hall–Kier alpha value is -2.04. The molecule has 1 aromatic carbocycles. The summed E-state index contributed by atoms with van der Waals surface area (Å²) < 4.78 is 0. The molecule has 1 N–H and O–H groups in total. The first kappa shape index (κ1) is 18.3. The summed E-state index contributed by atoms with van der Waals surface area (Å²) in [6.07, 6.45) is 9.67. The standard InChI is InChI=1S/C22H31N3O2/c26-20(22(12-13-22)21(27)25-16-4-1-2-5-17-25)23-18-8-10-19(11-9-18)24-14-6-3-7-15-24/h8-11H,1-7,12-17H2,(H,23,26). The number of amides is 2. The average molecular weight is 370 g/mol. The summed E-state index contributed by atoms with van der Waals surface area (Å²) in [5.74, 6) is -0.0747. The molecule has 0 atom stereocenters. The van der Waals surface area contributed by atoms with Crippen molar-refractivity contribution in [3.05, 3.63) is 24.3 Å². The second kappa shape index (κ2) is 7.91. The van der Waals surface area contributed by atoms with Crippen molar-refractivity contribution in [1.29, 1.82) is 0 Å². The van der Waals surface area contributed by atoms with Crippen LogP contribution < -0.4 is 10.2 Å². The van der Waals surface area contributed by atoms with E-state index in [0.29, 0.717) is 12.8 Å². The predicted octanol–water partition coefficient (Wildman–Crippen LogP) is 3.80. The molecule has 1 aliphatic carbocycles. The van der Waals surface area contributed by atoms with Crippen LogP contribution in [0.4, 0.5) is 11.4 Å². The van der Waals surface area contributed by atoms with Crippen LogP contribution in [0, 0.1) is 5.41 Å². The summed E-state index contributed by atoms with van der Waals surface area (Å²) in [7, 11) is 0. The molecular formula is C22H31N3O2. The van der Waals surface area contributed by atoms with Gasteiger partial charge in [-0.1, -0.05) is 12.8 Å². The normalized spacial score (nSPS) is 22.1. The minimum absolute atomic E-state index is 0.0480. The molecule has 1 aromatic rings. The van der Waals surface area contributed by atoms with Gasteiger partial charge in [-0.3, -0.25) is 9.59 Å². The van der Waals surface area contributed by atoms with Crippen molar-refractivity contribution >= 4 is 23.2 Å². The van der Waals surface area contributed by atoms with Crippen LogP contribution >= 0.6 is 0 Å². The molecule has 4 rings (SSSR count). The zero-order valence-corrected chi connectivity index (χ0v) is 16.2. The Labute approximate surface area is 162 Å². The average Bonchev–Trinajstić information content (AvgIpc) is 3.54. The molecule has 3 aliphatic rings. The lowest BCUT2D eigenvalue weighted by Gasteiger charge is -2.29. The molecule has 2 amide bonds. The highest BCUT2D eigenvalue weighted by atomic mass is 16.2. The summed E-state index contributed by atoms with van der Waals surface area (Å²) in [6, 6.07) is 8.09. The van der Waals surface area contributed by atoms with E-state index in [9.17, 15) is 9.59 Å². The number of hydrogen-bond donors (Lipinski definition) is 1. The smallest absolute Gasteiger partial charge is 0.240 e. The van der Waals surface area contributed by atoms with E-state index >= 15 is 0 Å². The Bertz CT molecular complexity index is 667. The molecule has 0 radical (unpaired) electrons. The lowest BCUT2D eigenvalue weighted by Crippen LogP contribution is -2.43. The second-order valence-corrected chi connectivity index (χ2v) is 8.34. The van der Waals surface area contributed by atoms with Gasteiger partial charge >= 0.3 is 0 Å². The van der Waals surface area contributed by atoms with Crippen molar-refractivity contribution in [2.24, 2.45) is 5.41 Å². The van der Waals surface area contributed by atoms with E-state index in [-0.39, 0.29) is 11.8 Å². The first-order valence-corrected chi connectivity index (χ1v) is 10.6. The summed E-state index contributed by atoms with van der Waals surface area (Å²) in [4.78, 5) is 30.2. The Kier molecular flexibility index (Phi) is 5.37. The van der Waals surface area contributed by atoms with Gasteiger partial charge in [-0.05, 0) is 69.2 Å². The first-order valence-electron chi connectivity index (χ1n) is 10.6. The molecule has 0 bridgehead atoms. The molecule has 0 unspecified atom stereocenters. The summed E-state index contributed by atoms with van der Waals surface area (Å²) in [5.41, 5.74) is 1.20. The maximum Gasteiger partial charge on any atom is 0.240 e. The Morgan fingerprint density at radius 1 is 0.778 bits per heavy atom. The quantitative estimate of drug-likeness (QED) is 0.822. The highest BCUT2D eigenvalue weighted by molar-refractivity contribution is 6.13. The van der Waals surface area contributed by atoms with E-state index in [2.05, 4.69) is 22.3 Å². The number of nitrogens with zero attached hydrogens (tertiary/aromatic N) is 2. The molecule has 27 heavy (non-hydrogen) atoms. The molecule has 5 heteroatoms. The van der Waals surface area contributed by atoms with Crippen LogP contribution in [0.2, 0.25) is 0 Å². The second-order valence-electron chi connectivity index (χ2n) is 8.34. The number of piperidine rings is 1. The SMILES string of the molecule is O=C(Nc1ccc(N2CCCCC2)cc1)C1(C(=O)N2CCCCCC2)CC1. The predicted molar refractivity (Wildman–Crippen MR) is 108 cm³/mol. The number of benzene rings is 1. The van der Waals surface area contributed by atoms with Gasteiger partial charge in [0.15, 0.2) is 0 Å². The van der Waals surface area contributed by atoms with E-state index in [1.807, 2.05) is 17.0 Å². The fourth-order valence-electron chi connectivity index (χ4n) is 4.40. The fraction of sp³-hybridized carbons (Fsp3) is 0.636. The van der Waals surface area contributed by atoms with Crippen molar-refractivity contribution in [3.63, 3.8) is 0 Å². The Morgan fingerprint density at radius 3 is 1.93 bits per heavy atom. The maximum absolute atomic E-state index is 13.0. The number of carbonyl (C=O) groups is 2. The molecule has 5 nitrogen and oxygen atoms in total. The third-order valence-corrected chi connectivity index (χ3v) is 6.33. The van der Waals surface area contributed by atoms with Crippen LogP contribution in [-0.4, -0.2) is 42.9 Å². The fourth-order valence-corrected chi connectivity index (χ4v) is 4.40. The van der Waals surface area contributed by atoms with E-state index in [1.54, 1.807) is 0 Å². The summed E-state index contributed by atoms with van der Waals surface area (Å²) >= 11 is 0. The molecule has 3 fully saturated rings. The largest absolute Gasteiger partial charge is 0.372 e. The molecule has 2 saturated heterocycles. The number of rotatable bonds is 4. The molecule has 0 spiro atoms. The minimum Gasteiger partial charge on any atom is -0.372 e. The van der Waals surface area contributed by atoms with Crippen LogP contribution in [0.1, 0.15) is 57.8 Å². The summed E-state index contributed by atoms with van der Waals surface area (Å²) in [5, 5.41) is 3.01. The lowest BCUT2D eigenvalue weighted by molar-refractivity contribution is -0.142. The van der Waals surface area contributed by atoms with E-state index in [1.165, 1.54) is 37.8 Å². The maximum atomic E-state index is 13.0. The monoisotopic (exact) mass is 369 g/mol. The molecule has 146 valence electrons. The van der Waals surface area contributed by atoms with Crippen molar-refractivity contribution < 1.29 is 9.59 Å². The van der Waals surface area contributed by atoms with Gasteiger partial charge in [0.05, 0.1) is 0 Å². The van der Waals surface area contributed by atoms with Crippen molar-refractivity contribution in [1.82, 2.24) is 4.90 Å². The molecule has 2 heterocycles. The number of hydrogen-bond acceptors (Lipinski definition) is 3. The number of carbonyl (C=O) groups excluding carboxylic acids is 2. The minimum atomic E-state index is -0.810. The van der Waals surface area contributed by atoms with Crippen molar-refractivity contribution in [3.8, 4) is 0 Å². The Balaban J connectivity index is 1.38. The van der Waals surface area contributed by atoms with E-state index in [4.69, 9.17) is 0 Å². The van der Waals surface area contributed by atoms with E-state index < -0.39 is 5.41 Å². The summed E-state index contributed by atoms with van der Waals surface area (Å²) in [6.45, 7) is 3.83. The molecule has 0 aromatic heterocycles. The van der Waals surface area contributed by atoms with Crippen LogP contribution in [0.5, 0.6) is 0 Å². The zero-order chi connectivity index (χ0) is 18.7. The third-order valence-electron chi connectivity index (χ3n) is 6.33. The van der Waals surface area contributed by atoms with Gasteiger partial charge in [-0.2, -0.15) is 0 Å². The van der Waals surface area contributed by atoms with Gasteiger partial charge in [0.1, 0.15) is 5.41 Å². The highest BCUT2D eigenvalue weighted by Crippen LogP contribution is 2.48. The van der Waals surface area contributed by atoms with Gasteiger partial charge < -0.3 is 15.1 Å². The van der Waals surface area contributed by atoms with Crippen LogP contribution in [-0.2, 0) is 9.59 Å². The zero-order valence-electron chi connectivity index (χ0n) is 16.2. The van der Waals surface area contributed by atoms with Crippen LogP contribution in [0.15, 0.2) is 24.3 Å². The molecule has 2 aliphatic heterocycles. The number of anilines is 2. The van der Waals surface area contributed by atoms with Gasteiger partial charge in [-0.15, -0.1) is 0 Å². The van der Waals surface area contributed by atoms with Crippen molar-refractivity contribution in [2.75, 3.05) is 36.4 Å². The van der Waals surface area contributed by atoms with Gasteiger partial charge in [0.2, 0.25) is 11.8 Å². The lowest BCUT2D eigenvalue weighted by atomic mass is 10.0. The number of likely N-dealkylation sites (tertiary alicyclic amines) is 1. The van der Waals surface area contributed by atoms with Gasteiger partial charge in [0.25, 0.3) is 0 Å². The van der Waals surface area contributed by atoms with Crippen LogP contribution in [0.25, 0.3) is 0 Å². The topological polar surface area (TPSA) is 52.7 Å². The molecular weight excluding hydrogens is 338 g/mol.